The van der Waals surface area contributed by atoms with Crippen LogP contribution in [-0.2, 0) is 14.3 Å². The molecule has 2 aliphatic heterocycles. The quantitative estimate of drug-likeness (QED) is 0.292. The second-order valence-electron chi connectivity index (χ2n) is 8.12. The van der Waals surface area contributed by atoms with Gasteiger partial charge in [0.25, 0.3) is 0 Å². The van der Waals surface area contributed by atoms with Crippen LogP contribution in [0.4, 0.5) is 0 Å². The topological polar surface area (TPSA) is 63.2 Å². The number of hydrogen-bond donors (Lipinski definition) is 1. The van der Waals surface area contributed by atoms with Gasteiger partial charge < -0.3 is 19.7 Å². The number of halogens is 1. The van der Waals surface area contributed by atoms with Gasteiger partial charge in [-0.2, -0.15) is 0 Å². The van der Waals surface area contributed by atoms with Crippen LogP contribution in [0.1, 0.15) is 46.5 Å². The van der Waals surface area contributed by atoms with Crippen LogP contribution in [0.2, 0.25) is 0 Å². The van der Waals surface area contributed by atoms with Crippen molar-refractivity contribution in [1.82, 2.24) is 10.2 Å². The molecule has 3 fully saturated rings. The fraction of sp³-hybridized carbons (Fsp3) is 0.895. The molecule has 3 rings (SSSR count). The summed E-state index contributed by atoms with van der Waals surface area (Å²) in [4.78, 5) is 18.8. The summed E-state index contributed by atoms with van der Waals surface area (Å²) in [5, 5.41) is 3.75. The Balaban J connectivity index is 0.00000243. The molecule has 0 aromatic rings. The summed E-state index contributed by atoms with van der Waals surface area (Å²) >= 11 is 0. The van der Waals surface area contributed by atoms with Crippen molar-refractivity contribution in [3.8, 4) is 0 Å². The highest BCUT2D eigenvalue weighted by Gasteiger charge is 2.58. The lowest BCUT2D eigenvalue weighted by Gasteiger charge is -2.60. The number of nitrogens with zero attached hydrogens (tertiary/aromatic N) is 2. The minimum atomic E-state index is -0.0797. The number of piperidine rings is 1. The van der Waals surface area contributed by atoms with E-state index in [1.54, 1.807) is 0 Å². The van der Waals surface area contributed by atoms with Gasteiger partial charge in [-0.25, -0.2) is 0 Å². The van der Waals surface area contributed by atoms with Crippen molar-refractivity contribution in [3.05, 3.63) is 0 Å². The minimum absolute atomic E-state index is 0. The number of likely N-dealkylation sites (tertiary alicyclic amines) is 1. The zero-order chi connectivity index (χ0) is 18.0. The second-order valence-corrected chi connectivity index (χ2v) is 8.12. The molecule has 0 radical (unpaired) electrons. The number of nitrogens with one attached hydrogen (secondary N) is 1. The largest absolute Gasteiger partial charge is 0.469 e. The van der Waals surface area contributed by atoms with Gasteiger partial charge in [-0.1, -0.05) is 13.8 Å². The Hall–Kier alpha value is -0.570. The predicted octanol–water partition coefficient (Wildman–Crippen LogP) is 2.66. The van der Waals surface area contributed by atoms with Crippen LogP contribution in [0.3, 0.4) is 0 Å². The number of hydrogen-bond acceptors (Lipinski definition) is 4. The number of methoxy groups -OCH3 is 1. The number of rotatable bonds is 3. The summed E-state index contributed by atoms with van der Waals surface area (Å²) in [6.07, 6.45) is 4.42. The Morgan fingerprint density at radius 1 is 1.31 bits per heavy atom. The first-order chi connectivity index (χ1) is 12.0. The van der Waals surface area contributed by atoms with Gasteiger partial charge in [-0.15, -0.1) is 24.0 Å². The van der Waals surface area contributed by atoms with Gasteiger partial charge in [0.2, 0.25) is 0 Å². The van der Waals surface area contributed by atoms with Crippen LogP contribution < -0.4 is 5.32 Å². The summed E-state index contributed by atoms with van der Waals surface area (Å²) < 4.78 is 10.9. The first-order valence-corrected chi connectivity index (χ1v) is 9.74. The van der Waals surface area contributed by atoms with Gasteiger partial charge in [0, 0.05) is 43.6 Å². The second kappa shape index (κ2) is 9.08. The minimum Gasteiger partial charge on any atom is -0.469 e. The molecule has 0 spiro atoms. The highest BCUT2D eigenvalue weighted by molar-refractivity contribution is 14.0. The summed E-state index contributed by atoms with van der Waals surface area (Å²) in [6, 6.07) is 0.404. The van der Waals surface area contributed by atoms with E-state index in [2.05, 4.69) is 31.0 Å². The highest BCUT2D eigenvalue weighted by Crippen LogP contribution is 2.51. The molecule has 0 aromatic carbocycles. The fourth-order valence-corrected chi connectivity index (χ4v) is 4.83. The maximum atomic E-state index is 11.7. The summed E-state index contributed by atoms with van der Waals surface area (Å²) in [7, 11) is 1.47. The lowest BCUT2D eigenvalue weighted by Crippen LogP contribution is -2.71. The normalized spacial score (nSPS) is 31.3. The zero-order valence-corrected chi connectivity index (χ0v) is 18.8. The van der Waals surface area contributed by atoms with Gasteiger partial charge >= 0.3 is 5.97 Å². The monoisotopic (exact) mass is 479 g/mol. The molecule has 1 aliphatic carbocycles. The number of esters is 1. The Bertz CT molecular complexity index is 518. The molecule has 6 nitrogen and oxygen atoms in total. The number of carbonyl (C=O) groups is 1. The van der Waals surface area contributed by atoms with Crippen molar-refractivity contribution in [2.45, 2.75) is 58.6 Å². The molecule has 150 valence electrons. The van der Waals surface area contributed by atoms with E-state index in [9.17, 15) is 4.79 Å². The Morgan fingerprint density at radius 2 is 2.00 bits per heavy atom. The van der Waals surface area contributed by atoms with E-state index in [0.29, 0.717) is 18.1 Å². The predicted molar refractivity (Wildman–Crippen MR) is 113 cm³/mol. The third-order valence-corrected chi connectivity index (χ3v) is 6.25. The molecule has 7 heteroatoms. The van der Waals surface area contributed by atoms with Gasteiger partial charge in [-0.3, -0.25) is 9.79 Å². The molecule has 3 unspecified atom stereocenters. The van der Waals surface area contributed by atoms with Crippen molar-refractivity contribution in [1.29, 1.82) is 0 Å². The highest BCUT2D eigenvalue weighted by atomic mass is 127. The Labute approximate surface area is 174 Å². The number of guanidine groups is 1. The first kappa shape index (κ1) is 21.7. The summed E-state index contributed by atoms with van der Waals surface area (Å²) in [5.41, 5.74) is 0.129. The van der Waals surface area contributed by atoms with Gasteiger partial charge in [-0.05, 0) is 32.6 Å². The lowest BCUT2D eigenvalue weighted by atomic mass is 9.55. The SMILES string of the molecule is CCN=C(NC1C2CCCOC2C1(C)C)N1CCC(C(=O)OC)CC1.I. The van der Waals surface area contributed by atoms with Crippen molar-refractivity contribution in [2.75, 3.05) is 33.4 Å². The summed E-state index contributed by atoms with van der Waals surface area (Å²) in [5.74, 6) is 1.52. The number of fused-ring (bicyclic) bond motifs is 1. The third kappa shape index (κ3) is 4.13. The van der Waals surface area contributed by atoms with Crippen LogP contribution in [0.15, 0.2) is 4.99 Å². The van der Waals surface area contributed by atoms with Crippen LogP contribution >= 0.6 is 24.0 Å². The van der Waals surface area contributed by atoms with Crippen molar-refractivity contribution >= 4 is 35.9 Å². The van der Waals surface area contributed by atoms with Gasteiger partial charge in [0.1, 0.15) is 0 Å². The lowest BCUT2D eigenvalue weighted by molar-refractivity contribution is -0.188. The molecule has 0 aromatic heterocycles. The Kier molecular flexibility index (Phi) is 7.59. The van der Waals surface area contributed by atoms with E-state index >= 15 is 0 Å². The van der Waals surface area contributed by atoms with E-state index in [4.69, 9.17) is 14.5 Å². The van der Waals surface area contributed by atoms with E-state index in [0.717, 1.165) is 51.5 Å². The van der Waals surface area contributed by atoms with Crippen LogP contribution in [-0.4, -0.2) is 62.3 Å². The van der Waals surface area contributed by atoms with E-state index in [-0.39, 0.29) is 41.3 Å². The zero-order valence-electron chi connectivity index (χ0n) is 16.5. The summed E-state index contributed by atoms with van der Waals surface area (Å²) in [6.45, 7) is 10.0. The van der Waals surface area contributed by atoms with Crippen LogP contribution in [0.25, 0.3) is 0 Å². The smallest absolute Gasteiger partial charge is 0.308 e. The Morgan fingerprint density at radius 3 is 2.62 bits per heavy atom. The van der Waals surface area contributed by atoms with Crippen molar-refractivity contribution < 1.29 is 14.3 Å². The molecule has 3 aliphatic rings. The number of carbonyl (C=O) groups excluding carboxylic acids is 1. The van der Waals surface area contributed by atoms with E-state index in [1.165, 1.54) is 13.5 Å². The molecule has 1 N–H and O–H groups in total. The average molecular weight is 479 g/mol. The van der Waals surface area contributed by atoms with Crippen LogP contribution in [0, 0.1) is 17.3 Å². The van der Waals surface area contributed by atoms with Gasteiger partial charge in [0.15, 0.2) is 5.96 Å². The molecule has 1 saturated carbocycles. The molecule has 26 heavy (non-hydrogen) atoms. The van der Waals surface area contributed by atoms with Crippen LogP contribution in [0.5, 0.6) is 0 Å². The number of aliphatic imine (C=N–C) groups is 1. The maximum absolute atomic E-state index is 11.7. The standard InChI is InChI=1S/C19H33N3O3.HI/c1-5-20-18(22-10-8-13(9-11-22)17(23)24-4)21-15-14-7-6-12-25-16(14)19(15,2)3;/h13-16H,5-12H2,1-4H3,(H,20,21);1H. The van der Waals surface area contributed by atoms with Crippen molar-refractivity contribution in [2.24, 2.45) is 22.2 Å². The molecule has 0 bridgehead atoms. The van der Waals surface area contributed by atoms with Gasteiger partial charge in [0.05, 0.1) is 19.1 Å². The molecular weight excluding hydrogens is 445 g/mol. The first-order valence-electron chi connectivity index (χ1n) is 9.74. The molecular formula is C19H34IN3O3. The van der Waals surface area contributed by atoms with E-state index in [1.807, 2.05) is 0 Å². The fourth-order valence-electron chi connectivity index (χ4n) is 4.83. The third-order valence-electron chi connectivity index (χ3n) is 6.25. The molecule has 2 saturated heterocycles. The van der Waals surface area contributed by atoms with E-state index < -0.39 is 0 Å². The molecule has 0 amide bonds. The number of ether oxygens (including phenoxy) is 2. The molecule has 2 heterocycles. The molecule has 3 atom stereocenters. The average Bonchev–Trinajstić information content (AvgIpc) is 2.64. The maximum Gasteiger partial charge on any atom is 0.308 e. The van der Waals surface area contributed by atoms with Crippen molar-refractivity contribution in [3.63, 3.8) is 0 Å².